The molecule has 0 radical (unpaired) electrons. The Morgan fingerprint density at radius 3 is 2.58 bits per heavy atom. The third-order valence-corrected chi connectivity index (χ3v) is 5.84. The number of hydrogen-bond donors (Lipinski definition) is 2. The lowest BCUT2D eigenvalue weighted by molar-refractivity contribution is 0.0900. The van der Waals surface area contributed by atoms with Crippen LogP contribution in [-0.2, 0) is 5.54 Å². The van der Waals surface area contributed by atoms with Gasteiger partial charge >= 0.3 is 0 Å². The molecule has 0 saturated carbocycles. The molecule has 5 rings (SSSR count). The lowest BCUT2D eigenvalue weighted by atomic mass is 9.85. The van der Waals surface area contributed by atoms with Crippen molar-refractivity contribution in [3.8, 4) is 0 Å². The highest BCUT2D eigenvalue weighted by molar-refractivity contribution is 6.11. The zero-order valence-corrected chi connectivity index (χ0v) is 18.4. The molecule has 0 saturated heterocycles. The van der Waals surface area contributed by atoms with Gasteiger partial charge in [0, 0.05) is 28.2 Å². The number of nitrogens with two attached hydrogens (primary N) is 1. The van der Waals surface area contributed by atoms with Gasteiger partial charge in [-0.25, -0.2) is 15.0 Å². The van der Waals surface area contributed by atoms with Gasteiger partial charge in [-0.3, -0.25) is 4.79 Å². The number of hydrogen-bond acceptors (Lipinski definition) is 6. The van der Waals surface area contributed by atoms with Gasteiger partial charge in [0.2, 0.25) is 0 Å². The minimum Gasteiger partial charge on any atom is -0.338 e. The first-order chi connectivity index (χ1) is 15.9. The summed E-state index contributed by atoms with van der Waals surface area (Å²) in [6.07, 6.45) is 3.28. The van der Waals surface area contributed by atoms with Crippen molar-refractivity contribution in [2.24, 2.45) is 5.73 Å². The zero-order valence-electron chi connectivity index (χ0n) is 18.4. The molecule has 3 N–H and O–H groups in total. The van der Waals surface area contributed by atoms with Gasteiger partial charge in [0.15, 0.2) is 11.6 Å². The van der Waals surface area contributed by atoms with E-state index in [-0.39, 0.29) is 5.78 Å². The van der Waals surface area contributed by atoms with Crippen LogP contribution in [0.25, 0.3) is 21.8 Å². The third kappa shape index (κ3) is 3.81. The second-order valence-electron chi connectivity index (χ2n) is 8.37. The van der Waals surface area contributed by atoms with E-state index in [1.165, 1.54) is 6.33 Å². The smallest absolute Gasteiger partial charge is 0.186 e. The number of pyridine rings is 1. The van der Waals surface area contributed by atoms with E-state index in [0.717, 1.165) is 27.6 Å². The second kappa shape index (κ2) is 8.07. The molecule has 33 heavy (non-hydrogen) atoms. The van der Waals surface area contributed by atoms with Crippen LogP contribution in [0.15, 0.2) is 85.3 Å². The average Bonchev–Trinajstić information content (AvgIpc) is 2.84. The number of nitrogens with zero attached hydrogens (tertiary/aromatic N) is 3. The Hall–Kier alpha value is -4.16. The summed E-state index contributed by atoms with van der Waals surface area (Å²) in [4.78, 5) is 26.9. The first-order valence-electron chi connectivity index (χ1n) is 10.7. The molecule has 0 aliphatic heterocycles. The molecule has 6 nitrogen and oxygen atoms in total. The Labute approximate surface area is 191 Å². The monoisotopic (exact) mass is 433 g/mol. The van der Waals surface area contributed by atoms with Crippen LogP contribution >= 0.6 is 0 Å². The van der Waals surface area contributed by atoms with Crippen molar-refractivity contribution in [1.82, 2.24) is 15.0 Å². The summed E-state index contributed by atoms with van der Waals surface area (Å²) in [5.74, 6) is 0.434. The van der Waals surface area contributed by atoms with Crippen LogP contribution in [0, 0.1) is 6.92 Å². The number of rotatable bonds is 5. The Kier molecular flexibility index (Phi) is 5.07. The fourth-order valence-corrected chi connectivity index (χ4v) is 4.04. The number of aryl methyl sites for hydroxylation is 1. The summed E-state index contributed by atoms with van der Waals surface area (Å²) in [5.41, 5.74) is 10.0. The van der Waals surface area contributed by atoms with Crippen LogP contribution in [0.1, 0.15) is 28.4 Å². The van der Waals surface area contributed by atoms with E-state index in [2.05, 4.69) is 15.3 Å². The molecule has 6 heteroatoms. The maximum absolute atomic E-state index is 13.4. The summed E-state index contributed by atoms with van der Waals surface area (Å²) >= 11 is 0. The van der Waals surface area contributed by atoms with Crippen LogP contribution < -0.4 is 11.1 Å². The highest BCUT2D eigenvalue weighted by Crippen LogP contribution is 2.31. The summed E-state index contributed by atoms with van der Waals surface area (Å²) in [6, 6.07) is 22.9. The van der Waals surface area contributed by atoms with Crippen molar-refractivity contribution in [3.05, 3.63) is 102 Å². The van der Waals surface area contributed by atoms with Crippen LogP contribution in [0.3, 0.4) is 0 Å². The molecule has 3 aromatic carbocycles. The molecule has 0 aliphatic carbocycles. The number of nitrogens with one attached hydrogen (secondary N) is 1. The molecule has 0 amide bonds. The predicted molar refractivity (Wildman–Crippen MR) is 132 cm³/mol. The van der Waals surface area contributed by atoms with Crippen LogP contribution in [-0.4, -0.2) is 20.7 Å². The number of anilines is 2. The SMILES string of the molecule is Cc1cccc(Nc2nc3cc(C(=O)C(C)(N)c4ccccc4)ccc3c3cncnc23)c1. The summed E-state index contributed by atoms with van der Waals surface area (Å²) in [6.45, 7) is 3.77. The standard InChI is InChI=1S/C27H23N5O/c1-17-7-6-10-20(13-17)31-26-24-22(15-29-16-30-24)21-12-11-18(14-23(21)32-26)25(33)27(2,28)19-8-4-3-5-9-19/h3-16H,28H2,1-2H3,(H,31,32). The number of benzene rings is 3. The number of ketones is 1. The molecule has 0 fully saturated rings. The molecule has 0 spiro atoms. The molecular formula is C27H23N5O. The first kappa shape index (κ1) is 20.7. The lowest BCUT2D eigenvalue weighted by Crippen LogP contribution is -2.41. The molecule has 1 atom stereocenters. The van der Waals surface area contributed by atoms with E-state index in [1.807, 2.05) is 67.6 Å². The van der Waals surface area contributed by atoms with Gasteiger partial charge in [-0.1, -0.05) is 54.6 Å². The van der Waals surface area contributed by atoms with Crippen LogP contribution in [0.5, 0.6) is 0 Å². The van der Waals surface area contributed by atoms with Crippen LogP contribution in [0.4, 0.5) is 11.5 Å². The number of Topliss-reactive ketones (excluding diaryl/α,β-unsaturated/α-hetero) is 1. The minimum absolute atomic E-state index is 0.171. The van der Waals surface area contributed by atoms with Crippen molar-refractivity contribution in [2.45, 2.75) is 19.4 Å². The Morgan fingerprint density at radius 1 is 0.970 bits per heavy atom. The van der Waals surface area contributed by atoms with Crippen molar-refractivity contribution in [2.75, 3.05) is 5.32 Å². The maximum atomic E-state index is 13.4. The number of fused-ring (bicyclic) bond motifs is 3. The average molecular weight is 434 g/mol. The lowest BCUT2D eigenvalue weighted by Gasteiger charge is -2.24. The van der Waals surface area contributed by atoms with E-state index in [1.54, 1.807) is 25.3 Å². The molecule has 1 unspecified atom stereocenters. The molecule has 0 bridgehead atoms. The number of carbonyl (C=O) groups is 1. The Balaban J connectivity index is 1.63. The van der Waals surface area contributed by atoms with E-state index in [4.69, 9.17) is 10.7 Å². The first-order valence-corrected chi connectivity index (χ1v) is 10.7. The topological polar surface area (TPSA) is 93.8 Å². The summed E-state index contributed by atoms with van der Waals surface area (Å²) in [7, 11) is 0. The molecule has 2 aromatic heterocycles. The van der Waals surface area contributed by atoms with Gasteiger partial charge in [0.25, 0.3) is 0 Å². The molecule has 5 aromatic rings. The highest BCUT2D eigenvalue weighted by Gasteiger charge is 2.31. The van der Waals surface area contributed by atoms with Crippen molar-refractivity contribution in [1.29, 1.82) is 0 Å². The van der Waals surface area contributed by atoms with E-state index in [0.29, 0.717) is 22.4 Å². The third-order valence-electron chi connectivity index (χ3n) is 5.84. The largest absolute Gasteiger partial charge is 0.338 e. The molecule has 162 valence electrons. The van der Waals surface area contributed by atoms with Gasteiger partial charge < -0.3 is 11.1 Å². The predicted octanol–water partition coefficient (Wildman–Crippen LogP) is 5.29. The zero-order chi connectivity index (χ0) is 23.0. The second-order valence-corrected chi connectivity index (χ2v) is 8.37. The highest BCUT2D eigenvalue weighted by atomic mass is 16.1. The quantitative estimate of drug-likeness (QED) is 0.289. The normalized spacial score (nSPS) is 13.1. The molecular weight excluding hydrogens is 410 g/mol. The van der Waals surface area contributed by atoms with Gasteiger partial charge in [-0.05, 0) is 43.2 Å². The summed E-state index contributed by atoms with van der Waals surface area (Å²) in [5, 5.41) is 5.10. The summed E-state index contributed by atoms with van der Waals surface area (Å²) < 4.78 is 0. The fraction of sp³-hybridized carbons (Fsp3) is 0.111. The Morgan fingerprint density at radius 2 is 1.79 bits per heavy atom. The number of aromatic nitrogens is 3. The van der Waals surface area contributed by atoms with Crippen LogP contribution in [0.2, 0.25) is 0 Å². The van der Waals surface area contributed by atoms with Gasteiger partial charge in [0.05, 0.1) is 5.52 Å². The minimum atomic E-state index is -1.16. The maximum Gasteiger partial charge on any atom is 0.186 e. The van der Waals surface area contributed by atoms with Gasteiger partial charge in [-0.15, -0.1) is 0 Å². The van der Waals surface area contributed by atoms with E-state index >= 15 is 0 Å². The fourth-order valence-electron chi connectivity index (χ4n) is 4.04. The number of carbonyl (C=O) groups excluding carboxylic acids is 1. The van der Waals surface area contributed by atoms with E-state index < -0.39 is 5.54 Å². The van der Waals surface area contributed by atoms with Crippen molar-refractivity contribution in [3.63, 3.8) is 0 Å². The van der Waals surface area contributed by atoms with Gasteiger partial charge in [0.1, 0.15) is 17.4 Å². The van der Waals surface area contributed by atoms with Crippen molar-refractivity contribution >= 4 is 39.1 Å². The van der Waals surface area contributed by atoms with Gasteiger partial charge in [-0.2, -0.15) is 0 Å². The van der Waals surface area contributed by atoms with Crippen molar-refractivity contribution < 1.29 is 4.79 Å². The Bertz CT molecular complexity index is 1500. The molecule has 0 aliphatic rings. The van der Waals surface area contributed by atoms with E-state index in [9.17, 15) is 4.79 Å². The molecule has 2 heterocycles.